The van der Waals surface area contributed by atoms with Crippen molar-refractivity contribution in [3.05, 3.63) is 16.3 Å². The Morgan fingerprint density at radius 2 is 2.21 bits per heavy atom. The van der Waals surface area contributed by atoms with Crippen LogP contribution >= 0.6 is 11.3 Å². The maximum Gasteiger partial charge on any atom is 0.221 e. The van der Waals surface area contributed by atoms with Crippen LogP contribution in [0.2, 0.25) is 0 Å². The van der Waals surface area contributed by atoms with E-state index in [4.69, 9.17) is 0 Å². The molecule has 1 aromatic heterocycles. The van der Waals surface area contributed by atoms with E-state index < -0.39 is 0 Å². The van der Waals surface area contributed by atoms with E-state index in [1.54, 1.807) is 18.3 Å². The lowest BCUT2D eigenvalue weighted by Gasteiger charge is -2.21. The number of rotatable bonds is 6. The number of likely N-dealkylation sites (tertiary alicyclic amines) is 1. The van der Waals surface area contributed by atoms with Crippen LogP contribution in [-0.2, 0) is 11.3 Å². The van der Waals surface area contributed by atoms with Gasteiger partial charge in [0.2, 0.25) is 5.91 Å². The Balaban J connectivity index is 1.77. The van der Waals surface area contributed by atoms with E-state index >= 15 is 0 Å². The van der Waals surface area contributed by atoms with Crippen LogP contribution in [0.3, 0.4) is 0 Å². The first-order valence-electron chi connectivity index (χ1n) is 6.95. The van der Waals surface area contributed by atoms with Gasteiger partial charge in [0.1, 0.15) is 0 Å². The lowest BCUT2D eigenvalue weighted by Crippen LogP contribution is -2.37. The molecule has 0 bridgehead atoms. The fourth-order valence-electron chi connectivity index (χ4n) is 2.46. The summed E-state index contributed by atoms with van der Waals surface area (Å²) < 4.78 is 0. The van der Waals surface area contributed by atoms with Crippen molar-refractivity contribution in [2.75, 3.05) is 25.0 Å². The van der Waals surface area contributed by atoms with Gasteiger partial charge in [-0.25, -0.2) is 0 Å². The molecule has 2 rings (SSSR count). The van der Waals surface area contributed by atoms with E-state index in [1.807, 2.05) is 11.4 Å². The molecule has 0 aromatic carbocycles. The van der Waals surface area contributed by atoms with Crippen LogP contribution in [0.1, 0.15) is 31.6 Å². The molecule has 19 heavy (non-hydrogen) atoms. The predicted molar refractivity (Wildman–Crippen MR) is 80.6 cm³/mol. The van der Waals surface area contributed by atoms with Crippen molar-refractivity contribution in [3.63, 3.8) is 0 Å². The molecule has 5 heteroatoms. The van der Waals surface area contributed by atoms with Crippen LogP contribution in [0.25, 0.3) is 0 Å². The Kier molecular flexibility index (Phi) is 5.36. The molecule has 1 aliphatic rings. The second-order valence-electron chi connectivity index (χ2n) is 5.23. The lowest BCUT2D eigenvalue weighted by molar-refractivity contribution is -0.114. The maximum atomic E-state index is 11.1. The van der Waals surface area contributed by atoms with Gasteiger partial charge in [0, 0.05) is 30.9 Å². The third kappa shape index (κ3) is 4.60. The van der Waals surface area contributed by atoms with E-state index in [1.165, 1.54) is 30.8 Å². The highest BCUT2D eigenvalue weighted by molar-refractivity contribution is 7.10. The highest BCUT2D eigenvalue weighted by Crippen LogP contribution is 2.22. The monoisotopic (exact) mass is 281 g/mol. The Bertz CT molecular complexity index is 413. The molecule has 1 saturated heterocycles. The van der Waals surface area contributed by atoms with Gasteiger partial charge in [-0.2, -0.15) is 0 Å². The van der Waals surface area contributed by atoms with Gasteiger partial charge >= 0.3 is 0 Å². The number of thiophene rings is 1. The Morgan fingerprint density at radius 1 is 1.47 bits per heavy atom. The van der Waals surface area contributed by atoms with Gasteiger partial charge in [0.05, 0.1) is 5.69 Å². The van der Waals surface area contributed by atoms with Crippen LogP contribution in [0.15, 0.2) is 11.4 Å². The van der Waals surface area contributed by atoms with Crippen molar-refractivity contribution in [2.45, 2.75) is 39.3 Å². The average molecular weight is 281 g/mol. The van der Waals surface area contributed by atoms with E-state index in [9.17, 15) is 4.79 Å². The zero-order valence-corrected chi connectivity index (χ0v) is 12.6. The highest BCUT2D eigenvalue weighted by atomic mass is 32.1. The van der Waals surface area contributed by atoms with Crippen molar-refractivity contribution in [1.29, 1.82) is 0 Å². The third-order valence-corrected chi connectivity index (χ3v) is 4.32. The minimum atomic E-state index is -0.00948. The van der Waals surface area contributed by atoms with Crippen molar-refractivity contribution in [1.82, 2.24) is 10.2 Å². The number of carbonyl (C=O) groups excluding carboxylic acids is 1. The third-order valence-electron chi connectivity index (χ3n) is 3.40. The molecule has 2 heterocycles. The molecule has 1 atom stereocenters. The number of carbonyl (C=O) groups is 1. The van der Waals surface area contributed by atoms with E-state index in [-0.39, 0.29) is 5.91 Å². The van der Waals surface area contributed by atoms with Crippen molar-refractivity contribution < 1.29 is 4.79 Å². The fraction of sp³-hybridized carbons (Fsp3) is 0.643. The van der Waals surface area contributed by atoms with Gasteiger partial charge in [-0.1, -0.05) is 0 Å². The smallest absolute Gasteiger partial charge is 0.221 e. The van der Waals surface area contributed by atoms with E-state index in [2.05, 4.69) is 22.5 Å². The zero-order chi connectivity index (χ0) is 13.7. The van der Waals surface area contributed by atoms with Crippen LogP contribution in [0.4, 0.5) is 5.69 Å². The van der Waals surface area contributed by atoms with Gasteiger partial charge in [-0.3, -0.25) is 4.79 Å². The van der Waals surface area contributed by atoms with Gasteiger partial charge in [0.15, 0.2) is 0 Å². The molecule has 0 aliphatic carbocycles. The average Bonchev–Trinajstić information content (AvgIpc) is 2.97. The van der Waals surface area contributed by atoms with Crippen LogP contribution < -0.4 is 10.6 Å². The van der Waals surface area contributed by atoms with Crippen molar-refractivity contribution in [3.8, 4) is 0 Å². The molecule has 1 unspecified atom stereocenters. The molecule has 1 aliphatic heterocycles. The summed E-state index contributed by atoms with van der Waals surface area (Å²) in [6.07, 6.45) is 2.68. The van der Waals surface area contributed by atoms with Gasteiger partial charge in [-0.15, -0.1) is 11.3 Å². The van der Waals surface area contributed by atoms with Gasteiger partial charge in [0.25, 0.3) is 0 Å². The van der Waals surface area contributed by atoms with Crippen molar-refractivity contribution >= 4 is 22.9 Å². The number of nitrogens with one attached hydrogen (secondary N) is 2. The van der Waals surface area contributed by atoms with Crippen LogP contribution in [0, 0.1) is 0 Å². The summed E-state index contributed by atoms with van der Waals surface area (Å²) in [5, 5.41) is 8.44. The molecular formula is C14H23N3OS. The summed E-state index contributed by atoms with van der Waals surface area (Å²) >= 11 is 1.69. The summed E-state index contributed by atoms with van der Waals surface area (Å²) in [7, 11) is 0. The zero-order valence-electron chi connectivity index (χ0n) is 11.7. The number of hydrogen-bond donors (Lipinski definition) is 2. The SMILES string of the molecule is CC(=O)Nc1ccsc1CNC(C)CN1CCCC1. The fourth-order valence-corrected chi connectivity index (χ4v) is 3.24. The summed E-state index contributed by atoms with van der Waals surface area (Å²) in [5.41, 5.74) is 0.943. The minimum absolute atomic E-state index is 0.00948. The topological polar surface area (TPSA) is 44.4 Å². The largest absolute Gasteiger partial charge is 0.325 e. The molecule has 0 saturated carbocycles. The Labute approximate surface area is 119 Å². The van der Waals surface area contributed by atoms with E-state index in [0.29, 0.717) is 6.04 Å². The minimum Gasteiger partial charge on any atom is -0.325 e. The Hall–Kier alpha value is -0.910. The van der Waals surface area contributed by atoms with Crippen LogP contribution in [-0.4, -0.2) is 36.5 Å². The summed E-state index contributed by atoms with van der Waals surface area (Å²) in [6.45, 7) is 8.18. The molecular weight excluding hydrogens is 258 g/mol. The second kappa shape index (κ2) is 7.03. The lowest BCUT2D eigenvalue weighted by atomic mass is 10.3. The predicted octanol–water partition coefficient (Wildman–Crippen LogP) is 2.28. The first-order valence-corrected chi connectivity index (χ1v) is 7.83. The number of nitrogens with zero attached hydrogens (tertiary/aromatic N) is 1. The number of anilines is 1. The molecule has 1 amide bonds. The Morgan fingerprint density at radius 3 is 2.89 bits per heavy atom. The maximum absolute atomic E-state index is 11.1. The quantitative estimate of drug-likeness (QED) is 0.841. The van der Waals surface area contributed by atoms with Crippen LogP contribution in [0.5, 0.6) is 0 Å². The van der Waals surface area contributed by atoms with Crippen molar-refractivity contribution in [2.24, 2.45) is 0 Å². The molecule has 4 nitrogen and oxygen atoms in total. The van der Waals surface area contributed by atoms with Gasteiger partial charge < -0.3 is 15.5 Å². The van der Waals surface area contributed by atoms with Gasteiger partial charge in [-0.05, 0) is 44.3 Å². The summed E-state index contributed by atoms with van der Waals surface area (Å²) in [4.78, 5) is 14.8. The number of amides is 1. The highest BCUT2D eigenvalue weighted by Gasteiger charge is 2.14. The molecule has 1 aromatic rings. The first kappa shape index (κ1) is 14.5. The molecule has 2 N–H and O–H groups in total. The normalized spacial score (nSPS) is 17.6. The number of hydrogen-bond acceptors (Lipinski definition) is 4. The first-order chi connectivity index (χ1) is 9.15. The molecule has 0 radical (unpaired) electrons. The molecule has 1 fully saturated rings. The second-order valence-corrected chi connectivity index (χ2v) is 6.23. The standard InChI is InChI=1S/C14H23N3OS/c1-11(10-17-6-3-4-7-17)15-9-14-13(5-8-19-14)16-12(2)18/h5,8,11,15H,3-4,6-7,9-10H2,1-2H3,(H,16,18). The summed E-state index contributed by atoms with van der Waals surface area (Å²) in [5.74, 6) is -0.00948. The summed E-state index contributed by atoms with van der Waals surface area (Å²) in [6, 6.07) is 2.44. The van der Waals surface area contributed by atoms with E-state index in [0.717, 1.165) is 18.8 Å². The molecule has 0 spiro atoms. The molecule has 106 valence electrons.